The molecule has 0 radical (unpaired) electrons. The highest BCUT2D eigenvalue weighted by atomic mass is 127. The molecule has 1 N–H and O–H groups in total. The third-order valence-corrected chi connectivity index (χ3v) is 7.79. The number of hydrogen-bond acceptors (Lipinski definition) is 6. The van der Waals surface area contributed by atoms with Crippen LogP contribution in [0, 0.1) is 7.14 Å². The summed E-state index contributed by atoms with van der Waals surface area (Å²) in [4.78, 5) is 21.0. The molecule has 2 heterocycles. The van der Waals surface area contributed by atoms with E-state index in [4.69, 9.17) is 4.74 Å². The lowest BCUT2D eigenvalue weighted by molar-refractivity contribution is 0.0526. The molecule has 0 amide bonds. The molecule has 0 bridgehead atoms. The van der Waals surface area contributed by atoms with Crippen molar-refractivity contribution < 1.29 is 14.6 Å². The maximum Gasteiger partial charge on any atom is 0.341 e. The third kappa shape index (κ3) is 5.35. The number of carbonyl (C=O) groups is 1. The Morgan fingerprint density at radius 2 is 2.06 bits per heavy atom. The van der Waals surface area contributed by atoms with E-state index in [9.17, 15) is 9.90 Å². The zero-order valence-corrected chi connectivity index (χ0v) is 22.6. The second-order valence-corrected chi connectivity index (χ2v) is 10.9. The number of fused-ring (bicyclic) bond motifs is 1. The molecular weight excluding hydrogens is 650 g/mol. The van der Waals surface area contributed by atoms with Gasteiger partial charge in [-0.05, 0) is 81.8 Å². The number of aromatic hydroxyl groups is 1. The van der Waals surface area contributed by atoms with E-state index in [-0.39, 0.29) is 11.7 Å². The summed E-state index contributed by atoms with van der Waals surface area (Å²) < 4.78 is 7.14. The van der Waals surface area contributed by atoms with Crippen LogP contribution in [0.3, 0.4) is 0 Å². The number of aliphatic imine (C=N–C) groups is 1. The maximum atomic E-state index is 12.8. The van der Waals surface area contributed by atoms with E-state index in [2.05, 4.69) is 79.3 Å². The van der Waals surface area contributed by atoms with Crippen molar-refractivity contribution in [2.75, 3.05) is 13.2 Å². The molecule has 0 saturated heterocycles. The molecular formula is C24H22I2N2O3S. The van der Waals surface area contributed by atoms with E-state index in [0.717, 1.165) is 43.6 Å². The smallest absolute Gasteiger partial charge is 0.341 e. The van der Waals surface area contributed by atoms with Crippen LogP contribution in [0.4, 0.5) is 5.00 Å². The largest absolute Gasteiger partial charge is 0.506 e. The first kappa shape index (κ1) is 23.7. The number of benzene rings is 2. The van der Waals surface area contributed by atoms with Crippen molar-refractivity contribution in [3.8, 4) is 5.75 Å². The molecule has 0 fully saturated rings. The Labute approximate surface area is 218 Å². The second-order valence-electron chi connectivity index (χ2n) is 7.43. The minimum absolute atomic E-state index is 0.197. The molecule has 5 nitrogen and oxygen atoms in total. The van der Waals surface area contributed by atoms with Gasteiger partial charge in [-0.15, -0.1) is 11.3 Å². The Hall–Kier alpha value is -1.50. The summed E-state index contributed by atoms with van der Waals surface area (Å²) >= 11 is 5.86. The lowest BCUT2D eigenvalue weighted by Crippen LogP contribution is -2.29. The number of thiophene rings is 1. The monoisotopic (exact) mass is 672 g/mol. The number of phenolic OH excluding ortho intramolecular Hbond substituents is 1. The molecule has 1 aliphatic heterocycles. The Balaban J connectivity index is 1.65. The van der Waals surface area contributed by atoms with Gasteiger partial charge in [0.25, 0.3) is 0 Å². The van der Waals surface area contributed by atoms with Crippen LogP contribution < -0.4 is 0 Å². The van der Waals surface area contributed by atoms with E-state index in [1.54, 1.807) is 6.21 Å². The van der Waals surface area contributed by atoms with Crippen LogP contribution in [0.5, 0.6) is 5.75 Å². The predicted molar refractivity (Wildman–Crippen MR) is 145 cm³/mol. The van der Waals surface area contributed by atoms with Gasteiger partial charge in [0.15, 0.2) is 0 Å². The van der Waals surface area contributed by atoms with Crippen LogP contribution in [0.25, 0.3) is 0 Å². The standard InChI is InChI=1S/C24H22I2N2O3S/c1-2-31-24(30)21-18-8-9-28(13-15-6-4-3-5-7-15)14-20(18)32-23(21)27-12-16-10-17(25)11-19(26)22(16)29/h3-7,10-12,29H,2,8-9,13-14H2,1H3/b27-12+. The van der Waals surface area contributed by atoms with Crippen molar-refractivity contribution in [2.24, 2.45) is 4.99 Å². The Bertz CT molecular complexity index is 1160. The topological polar surface area (TPSA) is 62.1 Å². The highest BCUT2D eigenvalue weighted by molar-refractivity contribution is 14.1. The van der Waals surface area contributed by atoms with Gasteiger partial charge < -0.3 is 9.84 Å². The molecule has 1 aromatic heterocycles. The van der Waals surface area contributed by atoms with Crippen LogP contribution in [0.1, 0.15) is 38.8 Å². The van der Waals surface area contributed by atoms with Gasteiger partial charge in [-0.25, -0.2) is 9.79 Å². The van der Waals surface area contributed by atoms with Crippen LogP contribution in [-0.2, 0) is 24.2 Å². The zero-order valence-electron chi connectivity index (χ0n) is 17.5. The molecule has 2 aromatic carbocycles. The first-order chi connectivity index (χ1) is 15.5. The summed E-state index contributed by atoms with van der Waals surface area (Å²) in [7, 11) is 0. The van der Waals surface area contributed by atoms with Gasteiger partial charge in [0.1, 0.15) is 10.8 Å². The van der Waals surface area contributed by atoms with Crippen molar-refractivity contribution >= 4 is 73.7 Å². The zero-order chi connectivity index (χ0) is 22.7. The van der Waals surface area contributed by atoms with Gasteiger partial charge in [-0.1, -0.05) is 30.3 Å². The Morgan fingerprint density at radius 1 is 1.28 bits per heavy atom. The van der Waals surface area contributed by atoms with Crippen LogP contribution in [0.2, 0.25) is 0 Å². The van der Waals surface area contributed by atoms with Gasteiger partial charge in [0, 0.05) is 39.9 Å². The summed E-state index contributed by atoms with van der Waals surface area (Å²) in [6, 6.07) is 14.2. The Kier molecular flexibility index (Phi) is 7.85. The molecule has 8 heteroatoms. The molecule has 1 aliphatic rings. The molecule has 4 rings (SSSR count). The number of esters is 1. The molecule has 0 unspecified atom stereocenters. The lowest BCUT2D eigenvalue weighted by Gasteiger charge is -2.27. The fraction of sp³-hybridized carbons (Fsp3) is 0.250. The number of halogens is 2. The molecule has 0 saturated carbocycles. The summed E-state index contributed by atoms with van der Waals surface area (Å²) in [6.07, 6.45) is 2.43. The van der Waals surface area contributed by atoms with E-state index >= 15 is 0 Å². The minimum Gasteiger partial charge on any atom is -0.506 e. The Morgan fingerprint density at radius 3 is 2.81 bits per heavy atom. The average molecular weight is 672 g/mol. The third-order valence-electron chi connectivity index (χ3n) is 5.22. The lowest BCUT2D eigenvalue weighted by atomic mass is 10.0. The van der Waals surface area contributed by atoms with Crippen molar-refractivity contribution in [1.82, 2.24) is 4.90 Å². The SMILES string of the molecule is CCOC(=O)c1c(/N=C/c2cc(I)cc(I)c2O)sc2c1CCN(Cc1ccccc1)C2. The quantitative estimate of drug-likeness (QED) is 0.194. The number of hydrogen-bond donors (Lipinski definition) is 1. The molecule has 166 valence electrons. The normalized spacial score (nSPS) is 14.0. The highest BCUT2D eigenvalue weighted by Crippen LogP contribution is 2.40. The summed E-state index contributed by atoms with van der Waals surface area (Å²) in [5, 5.41) is 11.0. The molecule has 32 heavy (non-hydrogen) atoms. The van der Waals surface area contributed by atoms with Gasteiger partial charge in [-0.2, -0.15) is 0 Å². The number of ether oxygens (including phenoxy) is 1. The van der Waals surface area contributed by atoms with Gasteiger partial charge >= 0.3 is 5.97 Å². The predicted octanol–water partition coefficient (Wildman–Crippen LogP) is 6.15. The number of nitrogens with zero attached hydrogens (tertiary/aromatic N) is 2. The average Bonchev–Trinajstić information content (AvgIpc) is 3.13. The number of phenols is 1. The highest BCUT2D eigenvalue weighted by Gasteiger charge is 2.28. The first-order valence-corrected chi connectivity index (χ1v) is 13.2. The van der Waals surface area contributed by atoms with Gasteiger partial charge in [0.05, 0.1) is 15.7 Å². The van der Waals surface area contributed by atoms with Gasteiger partial charge in [0.2, 0.25) is 0 Å². The minimum atomic E-state index is -0.324. The summed E-state index contributed by atoms with van der Waals surface area (Å²) in [5.74, 6) is -0.127. The van der Waals surface area contributed by atoms with E-state index in [0.29, 0.717) is 22.7 Å². The maximum absolute atomic E-state index is 12.8. The van der Waals surface area contributed by atoms with E-state index in [1.165, 1.54) is 16.9 Å². The van der Waals surface area contributed by atoms with Crippen LogP contribution in [-0.4, -0.2) is 35.3 Å². The van der Waals surface area contributed by atoms with Crippen molar-refractivity contribution in [2.45, 2.75) is 26.4 Å². The van der Waals surface area contributed by atoms with Crippen LogP contribution >= 0.6 is 56.5 Å². The molecule has 0 spiro atoms. The fourth-order valence-electron chi connectivity index (χ4n) is 3.74. The van der Waals surface area contributed by atoms with Gasteiger partial charge in [-0.3, -0.25) is 4.90 Å². The summed E-state index contributed by atoms with van der Waals surface area (Å²) in [5.41, 5.74) is 3.53. The molecule has 3 aromatic rings. The second kappa shape index (κ2) is 10.6. The van der Waals surface area contributed by atoms with Crippen LogP contribution in [0.15, 0.2) is 47.5 Å². The van der Waals surface area contributed by atoms with E-state index in [1.807, 2.05) is 25.1 Å². The molecule has 0 atom stereocenters. The molecule has 0 aliphatic carbocycles. The van der Waals surface area contributed by atoms with Crippen molar-refractivity contribution in [3.63, 3.8) is 0 Å². The number of rotatable bonds is 6. The number of carbonyl (C=O) groups excluding carboxylic acids is 1. The summed E-state index contributed by atoms with van der Waals surface area (Å²) in [6.45, 7) is 4.67. The fourth-order valence-corrected chi connectivity index (χ4v) is 6.85. The first-order valence-electron chi connectivity index (χ1n) is 10.3. The van der Waals surface area contributed by atoms with E-state index < -0.39 is 0 Å². The van der Waals surface area contributed by atoms with Crippen molar-refractivity contribution in [3.05, 3.63) is 76.7 Å². The van der Waals surface area contributed by atoms with Crippen molar-refractivity contribution in [1.29, 1.82) is 0 Å².